The van der Waals surface area contributed by atoms with E-state index in [1.807, 2.05) is 0 Å². The molecule has 1 unspecified atom stereocenters. The molecular formula is C14H28N2O2. The lowest BCUT2D eigenvalue weighted by molar-refractivity contribution is -0.121. The summed E-state index contributed by atoms with van der Waals surface area (Å²) < 4.78 is 5.01. The molecule has 0 aromatic heterocycles. The molecule has 1 aliphatic rings. The quantitative estimate of drug-likeness (QED) is 0.683. The minimum Gasteiger partial charge on any atom is -0.385 e. The van der Waals surface area contributed by atoms with E-state index in [9.17, 15) is 4.79 Å². The fraction of sp³-hybridized carbons (Fsp3) is 0.929. The molecule has 1 aliphatic carbocycles. The van der Waals surface area contributed by atoms with Gasteiger partial charge < -0.3 is 15.4 Å². The standard InChI is InChI=1S/C14H28N2O2/c1-12(9-10-18-2)15-11-14(17)16-13-7-5-3-4-6-8-13/h12-13,15H,3-11H2,1-2H3,(H,16,17). The van der Waals surface area contributed by atoms with Crippen molar-refractivity contribution in [2.24, 2.45) is 0 Å². The fourth-order valence-corrected chi connectivity index (χ4v) is 2.37. The second-order valence-corrected chi connectivity index (χ2v) is 5.32. The van der Waals surface area contributed by atoms with Gasteiger partial charge in [0.15, 0.2) is 0 Å². The molecule has 0 aromatic carbocycles. The van der Waals surface area contributed by atoms with Crippen molar-refractivity contribution in [1.82, 2.24) is 10.6 Å². The van der Waals surface area contributed by atoms with Gasteiger partial charge in [0, 0.05) is 25.8 Å². The highest BCUT2D eigenvalue weighted by Crippen LogP contribution is 2.16. The molecule has 1 fully saturated rings. The van der Waals surface area contributed by atoms with Crippen molar-refractivity contribution in [3.63, 3.8) is 0 Å². The minimum atomic E-state index is 0.131. The van der Waals surface area contributed by atoms with Crippen LogP contribution >= 0.6 is 0 Å². The average Bonchev–Trinajstić information content (AvgIpc) is 2.62. The number of nitrogens with one attached hydrogen (secondary N) is 2. The molecule has 2 N–H and O–H groups in total. The molecule has 4 nitrogen and oxygen atoms in total. The third-order valence-corrected chi connectivity index (χ3v) is 3.59. The summed E-state index contributed by atoms with van der Waals surface area (Å²) in [6, 6.07) is 0.723. The van der Waals surface area contributed by atoms with E-state index in [4.69, 9.17) is 4.74 Å². The minimum absolute atomic E-state index is 0.131. The molecule has 0 aliphatic heterocycles. The number of hydrogen-bond donors (Lipinski definition) is 2. The van der Waals surface area contributed by atoms with E-state index in [0.29, 0.717) is 18.6 Å². The normalized spacial score (nSPS) is 19.2. The Morgan fingerprint density at radius 3 is 2.56 bits per heavy atom. The zero-order chi connectivity index (χ0) is 13.2. The molecular weight excluding hydrogens is 228 g/mol. The van der Waals surface area contributed by atoms with Crippen LogP contribution in [0.25, 0.3) is 0 Å². The summed E-state index contributed by atoms with van der Waals surface area (Å²) in [5.41, 5.74) is 0. The van der Waals surface area contributed by atoms with Gasteiger partial charge in [0.1, 0.15) is 0 Å². The van der Waals surface area contributed by atoms with Gasteiger partial charge in [0.2, 0.25) is 5.91 Å². The number of carbonyl (C=O) groups excluding carboxylic acids is 1. The van der Waals surface area contributed by atoms with Crippen molar-refractivity contribution in [3.05, 3.63) is 0 Å². The Morgan fingerprint density at radius 2 is 1.94 bits per heavy atom. The molecule has 0 saturated heterocycles. The second-order valence-electron chi connectivity index (χ2n) is 5.32. The maximum absolute atomic E-state index is 11.8. The van der Waals surface area contributed by atoms with Gasteiger partial charge in [-0.05, 0) is 26.2 Å². The van der Waals surface area contributed by atoms with E-state index in [0.717, 1.165) is 25.9 Å². The SMILES string of the molecule is COCCC(C)NCC(=O)NC1CCCCCC1. The van der Waals surface area contributed by atoms with Gasteiger partial charge in [-0.1, -0.05) is 25.7 Å². The molecule has 18 heavy (non-hydrogen) atoms. The molecule has 0 radical (unpaired) electrons. The van der Waals surface area contributed by atoms with Crippen molar-refractivity contribution in [2.75, 3.05) is 20.3 Å². The van der Waals surface area contributed by atoms with Crippen molar-refractivity contribution in [3.8, 4) is 0 Å². The first-order valence-electron chi connectivity index (χ1n) is 7.24. The number of amides is 1. The van der Waals surface area contributed by atoms with E-state index in [1.54, 1.807) is 7.11 Å². The van der Waals surface area contributed by atoms with Crippen LogP contribution in [0.4, 0.5) is 0 Å². The van der Waals surface area contributed by atoms with Gasteiger partial charge in [-0.25, -0.2) is 0 Å². The van der Waals surface area contributed by atoms with Crippen LogP contribution < -0.4 is 10.6 Å². The predicted octanol–water partition coefficient (Wildman–Crippen LogP) is 1.84. The summed E-state index contributed by atoms with van der Waals surface area (Å²) in [6.07, 6.45) is 8.37. The molecule has 0 aromatic rings. The third kappa shape index (κ3) is 6.97. The molecule has 0 heterocycles. The first kappa shape index (κ1) is 15.4. The Balaban J connectivity index is 2.12. The molecule has 0 spiro atoms. The van der Waals surface area contributed by atoms with Crippen molar-refractivity contribution in [1.29, 1.82) is 0 Å². The highest BCUT2D eigenvalue weighted by molar-refractivity contribution is 5.78. The molecule has 1 amide bonds. The molecule has 1 atom stereocenters. The third-order valence-electron chi connectivity index (χ3n) is 3.59. The van der Waals surface area contributed by atoms with Gasteiger partial charge in [0.25, 0.3) is 0 Å². The lowest BCUT2D eigenvalue weighted by Gasteiger charge is -2.18. The summed E-state index contributed by atoms with van der Waals surface area (Å²) in [7, 11) is 1.70. The Labute approximate surface area is 111 Å². The highest BCUT2D eigenvalue weighted by Gasteiger charge is 2.14. The van der Waals surface area contributed by atoms with E-state index < -0.39 is 0 Å². The molecule has 4 heteroatoms. The smallest absolute Gasteiger partial charge is 0.234 e. The summed E-state index contributed by atoms with van der Waals surface area (Å²) in [4.78, 5) is 11.8. The Kier molecular flexibility index (Phi) is 8.01. The second kappa shape index (κ2) is 9.34. The van der Waals surface area contributed by atoms with Gasteiger partial charge >= 0.3 is 0 Å². The van der Waals surface area contributed by atoms with E-state index in [2.05, 4.69) is 17.6 Å². The molecule has 0 bridgehead atoms. The highest BCUT2D eigenvalue weighted by atomic mass is 16.5. The van der Waals surface area contributed by atoms with Crippen molar-refractivity contribution < 1.29 is 9.53 Å². The zero-order valence-electron chi connectivity index (χ0n) is 11.8. The maximum atomic E-state index is 11.8. The topological polar surface area (TPSA) is 50.4 Å². The lowest BCUT2D eigenvalue weighted by atomic mass is 10.1. The van der Waals surface area contributed by atoms with Gasteiger partial charge in [-0.15, -0.1) is 0 Å². The summed E-state index contributed by atoms with van der Waals surface area (Å²) in [5.74, 6) is 0.131. The number of rotatable bonds is 7. The van der Waals surface area contributed by atoms with Crippen LogP contribution in [-0.2, 0) is 9.53 Å². The Morgan fingerprint density at radius 1 is 1.28 bits per heavy atom. The molecule has 106 valence electrons. The van der Waals surface area contributed by atoms with Crippen molar-refractivity contribution >= 4 is 5.91 Å². The maximum Gasteiger partial charge on any atom is 0.234 e. The Bertz CT molecular complexity index is 226. The van der Waals surface area contributed by atoms with Crippen LogP contribution in [0.5, 0.6) is 0 Å². The summed E-state index contributed by atoms with van der Waals surface area (Å²) in [5, 5.41) is 6.37. The van der Waals surface area contributed by atoms with Crippen LogP contribution in [0.1, 0.15) is 51.9 Å². The summed E-state index contributed by atoms with van der Waals surface area (Å²) in [6.45, 7) is 3.23. The number of carbonyl (C=O) groups is 1. The zero-order valence-corrected chi connectivity index (χ0v) is 11.8. The first-order valence-corrected chi connectivity index (χ1v) is 7.24. The number of hydrogen-bond acceptors (Lipinski definition) is 3. The fourth-order valence-electron chi connectivity index (χ4n) is 2.37. The van der Waals surface area contributed by atoms with Crippen LogP contribution in [0, 0.1) is 0 Å². The number of ether oxygens (including phenoxy) is 1. The summed E-state index contributed by atoms with van der Waals surface area (Å²) >= 11 is 0. The Hall–Kier alpha value is -0.610. The van der Waals surface area contributed by atoms with E-state index >= 15 is 0 Å². The van der Waals surface area contributed by atoms with Crippen LogP contribution in [0.2, 0.25) is 0 Å². The van der Waals surface area contributed by atoms with Crippen molar-refractivity contribution in [2.45, 2.75) is 64.0 Å². The van der Waals surface area contributed by atoms with Gasteiger partial charge in [0.05, 0.1) is 6.54 Å². The number of methoxy groups -OCH3 is 1. The van der Waals surface area contributed by atoms with E-state index in [1.165, 1.54) is 25.7 Å². The van der Waals surface area contributed by atoms with E-state index in [-0.39, 0.29) is 5.91 Å². The average molecular weight is 256 g/mol. The van der Waals surface area contributed by atoms with Gasteiger partial charge in [-0.2, -0.15) is 0 Å². The largest absolute Gasteiger partial charge is 0.385 e. The lowest BCUT2D eigenvalue weighted by Crippen LogP contribution is -2.42. The van der Waals surface area contributed by atoms with Crippen LogP contribution in [-0.4, -0.2) is 38.3 Å². The van der Waals surface area contributed by atoms with Crippen LogP contribution in [0.3, 0.4) is 0 Å². The molecule has 1 saturated carbocycles. The predicted molar refractivity (Wildman–Crippen MR) is 73.6 cm³/mol. The monoisotopic (exact) mass is 256 g/mol. The van der Waals surface area contributed by atoms with Gasteiger partial charge in [-0.3, -0.25) is 4.79 Å². The van der Waals surface area contributed by atoms with Crippen LogP contribution in [0.15, 0.2) is 0 Å². The first-order chi connectivity index (χ1) is 8.72. The molecule has 1 rings (SSSR count).